The minimum atomic E-state index is -0.711. The summed E-state index contributed by atoms with van der Waals surface area (Å²) in [5.41, 5.74) is 3.02. The van der Waals surface area contributed by atoms with E-state index in [-0.39, 0.29) is 31.0 Å². The van der Waals surface area contributed by atoms with Crippen molar-refractivity contribution in [2.24, 2.45) is 0 Å². The molecule has 0 unspecified atom stereocenters. The van der Waals surface area contributed by atoms with Crippen molar-refractivity contribution in [2.75, 3.05) is 6.61 Å². The van der Waals surface area contributed by atoms with E-state index < -0.39 is 6.04 Å². The van der Waals surface area contributed by atoms with Crippen LogP contribution in [0.5, 0.6) is 5.75 Å². The zero-order chi connectivity index (χ0) is 25.4. The van der Waals surface area contributed by atoms with Crippen molar-refractivity contribution >= 4 is 39.3 Å². The van der Waals surface area contributed by atoms with E-state index in [1.54, 1.807) is 23.1 Å². The second-order valence-electron chi connectivity index (χ2n) is 8.74. The lowest BCUT2D eigenvalue weighted by Crippen LogP contribution is -2.52. The van der Waals surface area contributed by atoms with E-state index in [4.69, 9.17) is 16.3 Å². The lowest BCUT2D eigenvalue weighted by Gasteiger charge is -2.32. The molecule has 184 valence electrons. The molecule has 0 saturated heterocycles. The summed E-state index contributed by atoms with van der Waals surface area (Å²) in [4.78, 5) is 28.5. The highest BCUT2D eigenvalue weighted by molar-refractivity contribution is 9.10. The standard InChI is InChI=1S/C28H30BrClN2O3/c1-19(2)31-28(34)25(15-21-7-5-4-6-8-21)32(17-22-11-9-20(3)10-12-22)27(33)18-35-26-14-13-23(29)16-24(26)30/h4-14,16,19,25H,15,17-18H2,1-3H3,(H,31,34)/t25-/m1/s1. The molecule has 0 bridgehead atoms. The Hall–Kier alpha value is -2.83. The highest BCUT2D eigenvalue weighted by atomic mass is 79.9. The van der Waals surface area contributed by atoms with Gasteiger partial charge in [-0.1, -0.05) is 87.7 Å². The maximum Gasteiger partial charge on any atom is 0.261 e. The molecule has 0 aromatic heterocycles. The lowest BCUT2D eigenvalue weighted by atomic mass is 10.0. The van der Waals surface area contributed by atoms with Gasteiger partial charge in [-0.3, -0.25) is 9.59 Å². The van der Waals surface area contributed by atoms with Gasteiger partial charge in [0.1, 0.15) is 11.8 Å². The molecule has 0 aliphatic heterocycles. The van der Waals surface area contributed by atoms with Gasteiger partial charge in [0.05, 0.1) is 5.02 Å². The zero-order valence-corrected chi connectivity index (χ0v) is 22.5. The fraction of sp³-hybridized carbons (Fsp3) is 0.286. The number of aryl methyl sites for hydroxylation is 1. The van der Waals surface area contributed by atoms with Crippen molar-refractivity contribution < 1.29 is 14.3 Å². The van der Waals surface area contributed by atoms with Crippen LogP contribution in [0.2, 0.25) is 5.02 Å². The molecule has 0 heterocycles. The molecule has 1 atom stereocenters. The smallest absolute Gasteiger partial charge is 0.261 e. The quantitative estimate of drug-likeness (QED) is 0.335. The Balaban J connectivity index is 1.91. The molecule has 35 heavy (non-hydrogen) atoms. The molecule has 3 aromatic rings. The Morgan fingerprint density at radius 2 is 1.69 bits per heavy atom. The first-order valence-corrected chi connectivity index (χ1v) is 12.7. The molecule has 0 aliphatic carbocycles. The first kappa shape index (κ1) is 26.8. The topological polar surface area (TPSA) is 58.6 Å². The Kier molecular flexibility index (Phi) is 9.75. The molecule has 3 aromatic carbocycles. The average molecular weight is 558 g/mol. The van der Waals surface area contributed by atoms with Crippen LogP contribution in [0, 0.1) is 6.92 Å². The Morgan fingerprint density at radius 3 is 2.31 bits per heavy atom. The van der Waals surface area contributed by atoms with Gasteiger partial charge in [-0.25, -0.2) is 0 Å². The molecular formula is C28H30BrClN2O3. The lowest BCUT2D eigenvalue weighted by molar-refractivity contribution is -0.143. The van der Waals surface area contributed by atoms with Gasteiger partial charge in [0, 0.05) is 23.5 Å². The summed E-state index contributed by atoms with van der Waals surface area (Å²) >= 11 is 9.64. The Labute approximate surface area is 220 Å². The summed E-state index contributed by atoms with van der Waals surface area (Å²) in [6, 6.07) is 22.1. The van der Waals surface area contributed by atoms with Crippen LogP contribution < -0.4 is 10.1 Å². The second kappa shape index (κ2) is 12.8. The number of hydrogen-bond donors (Lipinski definition) is 1. The number of nitrogens with zero attached hydrogens (tertiary/aromatic N) is 1. The van der Waals surface area contributed by atoms with Crippen LogP contribution in [0.4, 0.5) is 0 Å². The van der Waals surface area contributed by atoms with Crippen molar-refractivity contribution in [1.82, 2.24) is 10.2 Å². The number of carbonyl (C=O) groups is 2. The van der Waals surface area contributed by atoms with Crippen LogP contribution in [-0.2, 0) is 22.6 Å². The minimum absolute atomic E-state index is 0.0603. The molecular weight excluding hydrogens is 528 g/mol. The largest absolute Gasteiger partial charge is 0.482 e. The van der Waals surface area contributed by atoms with Crippen LogP contribution in [0.25, 0.3) is 0 Å². The number of rotatable bonds is 10. The first-order valence-electron chi connectivity index (χ1n) is 11.5. The fourth-order valence-electron chi connectivity index (χ4n) is 3.64. The van der Waals surface area contributed by atoms with Crippen LogP contribution in [-0.4, -0.2) is 35.4 Å². The van der Waals surface area contributed by atoms with Gasteiger partial charge in [0.15, 0.2) is 6.61 Å². The van der Waals surface area contributed by atoms with E-state index in [1.165, 1.54) is 0 Å². The number of amides is 2. The third-order valence-corrected chi connectivity index (χ3v) is 6.21. The molecule has 0 fully saturated rings. The van der Waals surface area contributed by atoms with Crippen molar-refractivity contribution in [2.45, 2.75) is 45.8 Å². The number of carbonyl (C=O) groups excluding carboxylic acids is 2. The van der Waals surface area contributed by atoms with Crippen LogP contribution >= 0.6 is 27.5 Å². The summed E-state index contributed by atoms with van der Waals surface area (Å²) in [5, 5.41) is 3.38. The number of halogens is 2. The summed E-state index contributed by atoms with van der Waals surface area (Å²) in [7, 11) is 0. The molecule has 2 amide bonds. The molecule has 1 N–H and O–H groups in total. The molecule has 0 radical (unpaired) electrons. The van der Waals surface area contributed by atoms with Crippen molar-refractivity contribution in [1.29, 1.82) is 0 Å². The third-order valence-electron chi connectivity index (χ3n) is 5.42. The maximum atomic E-state index is 13.6. The van der Waals surface area contributed by atoms with E-state index in [0.29, 0.717) is 17.2 Å². The Bertz CT molecular complexity index is 1140. The van der Waals surface area contributed by atoms with E-state index in [1.807, 2.05) is 75.4 Å². The predicted molar refractivity (Wildman–Crippen MR) is 144 cm³/mol. The van der Waals surface area contributed by atoms with Crippen molar-refractivity contribution in [3.05, 3.63) is 99.0 Å². The van der Waals surface area contributed by atoms with E-state index >= 15 is 0 Å². The van der Waals surface area contributed by atoms with Crippen molar-refractivity contribution in [3.8, 4) is 5.75 Å². The normalized spacial score (nSPS) is 11.7. The molecule has 0 spiro atoms. The highest BCUT2D eigenvalue weighted by Gasteiger charge is 2.31. The van der Waals surface area contributed by atoms with Gasteiger partial charge in [-0.05, 0) is 50.1 Å². The first-order chi connectivity index (χ1) is 16.7. The molecule has 0 saturated carbocycles. The summed E-state index contributed by atoms with van der Waals surface area (Å²) in [6.45, 7) is 5.86. The maximum absolute atomic E-state index is 13.6. The van der Waals surface area contributed by atoms with Crippen LogP contribution in [0.3, 0.4) is 0 Å². The molecule has 5 nitrogen and oxygen atoms in total. The van der Waals surface area contributed by atoms with Gasteiger partial charge >= 0.3 is 0 Å². The zero-order valence-electron chi connectivity index (χ0n) is 20.1. The minimum Gasteiger partial charge on any atom is -0.482 e. The summed E-state index contributed by atoms with van der Waals surface area (Å²) < 4.78 is 6.59. The van der Waals surface area contributed by atoms with Crippen LogP contribution in [0.15, 0.2) is 77.3 Å². The second-order valence-corrected chi connectivity index (χ2v) is 10.1. The predicted octanol–water partition coefficient (Wildman–Crippen LogP) is 5.95. The SMILES string of the molecule is Cc1ccc(CN(C(=O)COc2ccc(Br)cc2Cl)[C@H](Cc2ccccc2)C(=O)NC(C)C)cc1. The van der Waals surface area contributed by atoms with E-state index in [2.05, 4.69) is 21.2 Å². The number of benzene rings is 3. The van der Waals surface area contributed by atoms with Gasteiger partial charge < -0.3 is 15.0 Å². The van der Waals surface area contributed by atoms with Crippen molar-refractivity contribution in [3.63, 3.8) is 0 Å². The number of hydrogen-bond acceptors (Lipinski definition) is 3. The van der Waals surface area contributed by atoms with Gasteiger partial charge in [0.2, 0.25) is 5.91 Å². The van der Waals surface area contributed by atoms with E-state index in [9.17, 15) is 9.59 Å². The third kappa shape index (κ3) is 8.11. The average Bonchev–Trinajstić information content (AvgIpc) is 2.82. The van der Waals surface area contributed by atoms with Gasteiger partial charge in [-0.15, -0.1) is 0 Å². The fourth-order valence-corrected chi connectivity index (χ4v) is 4.37. The number of ether oxygens (including phenoxy) is 1. The molecule has 3 rings (SSSR count). The van der Waals surface area contributed by atoms with Gasteiger partial charge in [-0.2, -0.15) is 0 Å². The number of nitrogens with one attached hydrogen (secondary N) is 1. The van der Waals surface area contributed by atoms with Gasteiger partial charge in [0.25, 0.3) is 5.91 Å². The monoisotopic (exact) mass is 556 g/mol. The van der Waals surface area contributed by atoms with E-state index in [0.717, 1.165) is 21.2 Å². The molecule has 7 heteroatoms. The summed E-state index contributed by atoms with van der Waals surface area (Å²) in [5.74, 6) is -0.0971. The highest BCUT2D eigenvalue weighted by Crippen LogP contribution is 2.28. The molecule has 0 aliphatic rings. The Morgan fingerprint density at radius 1 is 1.00 bits per heavy atom. The van der Waals surface area contributed by atoms with Crippen LogP contribution in [0.1, 0.15) is 30.5 Å². The summed E-state index contributed by atoms with van der Waals surface area (Å²) in [6.07, 6.45) is 0.385.